The van der Waals surface area contributed by atoms with E-state index in [0.29, 0.717) is 12.1 Å². The third kappa shape index (κ3) is 4.36. The summed E-state index contributed by atoms with van der Waals surface area (Å²) in [6, 6.07) is 10.1. The Balaban J connectivity index is 1.31. The minimum absolute atomic E-state index is 0.0198. The Morgan fingerprint density at radius 3 is 2.37 bits per heavy atom. The van der Waals surface area contributed by atoms with E-state index < -0.39 is 0 Å². The Kier molecular flexibility index (Phi) is 5.24. The van der Waals surface area contributed by atoms with Gasteiger partial charge in [-0.2, -0.15) is 0 Å². The van der Waals surface area contributed by atoms with E-state index >= 15 is 0 Å². The van der Waals surface area contributed by atoms with Crippen LogP contribution >= 0.6 is 0 Å². The number of benzene rings is 1. The van der Waals surface area contributed by atoms with Gasteiger partial charge in [-0.1, -0.05) is 0 Å². The minimum atomic E-state index is 0.0198. The highest BCUT2D eigenvalue weighted by atomic mass is 16.5. The van der Waals surface area contributed by atoms with Crippen molar-refractivity contribution in [1.82, 2.24) is 14.9 Å². The van der Waals surface area contributed by atoms with Crippen LogP contribution in [0.2, 0.25) is 0 Å². The van der Waals surface area contributed by atoms with Gasteiger partial charge in [-0.3, -0.25) is 0 Å². The van der Waals surface area contributed by atoms with Crippen LogP contribution in [0, 0.1) is 6.92 Å². The van der Waals surface area contributed by atoms with Crippen LogP contribution in [0.15, 0.2) is 36.7 Å². The van der Waals surface area contributed by atoms with Crippen molar-refractivity contribution in [3.05, 3.63) is 42.5 Å². The summed E-state index contributed by atoms with van der Waals surface area (Å²) in [7, 11) is 0. The Hall–Kier alpha value is -1.85. The van der Waals surface area contributed by atoms with Crippen molar-refractivity contribution in [2.45, 2.75) is 64.1 Å². The zero-order chi connectivity index (χ0) is 18.9. The highest BCUT2D eigenvalue weighted by molar-refractivity contribution is 5.51. The molecule has 1 unspecified atom stereocenters. The fourth-order valence-corrected chi connectivity index (χ4v) is 4.49. The van der Waals surface area contributed by atoms with Crippen LogP contribution in [0.3, 0.4) is 0 Å². The zero-order valence-corrected chi connectivity index (χ0v) is 16.8. The van der Waals surface area contributed by atoms with Gasteiger partial charge in [0.2, 0.25) is 0 Å². The van der Waals surface area contributed by atoms with Crippen LogP contribution in [-0.2, 0) is 4.74 Å². The molecule has 2 aromatic rings. The highest BCUT2D eigenvalue weighted by Gasteiger charge is 2.30. The van der Waals surface area contributed by atoms with E-state index in [4.69, 9.17) is 4.74 Å². The molecule has 1 aromatic carbocycles. The number of piperidine rings is 1. The van der Waals surface area contributed by atoms with E-state index in [2.05, 4.69) is 57.9 Å². The molecular formula is C22H32N4O. The predicted octanol–water partition coefficient (Wildman–Crippen LogP) is 3.70. The van der Waals surface area contributed by atoms with Gasteiger partial charge in [0.05, 0.1) is 5.60 Å². The molecule has 2 saturated heterocycles. The second-order valence-corrected chi connectivity index (χ2v) is 8.59. The summed E-state index contributed by atoms with van der Waals surface area (Å²) in [5, 5.41) is 3.90. The highest BCUT2D eigenvalue weighted by Crippen LogP contribution is 2.26. The molecule has 0 bridgehead atoms. The number of aryl methyl sites for hydroxylation is 1. The molecule has 146 valence electrons. The average Bonchev–Trinajstić information content (AvgIpc) is 3.08. The van der Waals surface area contributed by atoms with Crippen molar-refractivity contribution in [3.63, 3.8) is 0 Å². The van der Waals surface area contributed by atoms with Gasteiger partial charge in [-0.05, 0) is 70.7 Å². The number of imidazole rings is 1. The first-order valence-electron chi connectivity index (χ1n) is 10.3. The maximum absolute atomic E-state index is 5.85. The number of nitrogens with zero attached hydrogens (tertiary/aromatic N) is 3. The first-order chi connectivity index (χ1) is 13.0. The maximum Gasteiger partial charge on any atom is 0.110 e. The summed E-state index contributed by atoms with van der Waals surface area (Å²) in [6.45, 7) is 9.57. The van der Waals surface area contributed by atoms with E-state index in [1.165, 1.54) is 24.2 Å². The van der Waals surface area contributed by atoms with Gasteiger partial charge in [-0.15, -0.1) is 0 Å². The smallest absolute Gasteiger partial charge is 0.110 e. The van der Waals surface area contributed by atoms with Gasteiger partial charge in [0, 0.05) is 55.5 Å². The number of rotatable bonds is 4. The molecule has 0 amide bonds. The number of ether oxygens (including phenoxy) is 1. The zero-order valence-electron chi connectivity index (χ0n) is 16.8. The van der Waals surface area contributed by atoms with Gasteiger partial charge >= 0.3 is 0 Å². The number of hydrogen-bond donors (Lipinski definition) is 1. The van der Waals surface area contributed by atoms with Crippen molar-refractivity contribution < 1.29 is 4.74 Å². The molecule has 2 fully saturated rings. The van der Waals surface area contributed by atoms with Crippen LogP contribution < -0.4 is 10.2 Å². The van der Waals surface area contributed by atoms with E-state index in [1.54, 1.807) is 0 Å². The summed E-state index contributed by atoms with van der Waals surface area (Å²) in [4.78, 5) is 6.82. The first-order valence-corrected chi connectivity index (χ1v) is 10.3. The van der Waals surface area contributed by atoms with E-state index in [1.807, 2.05) is 19.3 Å². The fraction of sp³-hybridized carbons (Fsp3) is 0.591. The van der Waals surface area contributed by atoms with Crippen molar-refractivity contribution in [2.24, 2.45) is 0 Å². The Morgan fingerprint density at radius 1 is 1.04 bits per heavy atom. The molecule has 0 aliphatic carbocycles. The van der Waals surface area contributed by atoms with Crippen LogP contribution in [0.4, 0.5) is 5.69 Å². The molecule has 5 nitrogen and oxygen atoms in total. The summed E-state index contributed by atoms with van der Waals surface area (Å²) >= 11 is 0. The van der Waals surface area contributed by atoms with Crippen molar-refractivity contribution >= 4 is 5.69 Å². The van der Waals surface area contributed by atoms with E-state index in [9.17, 15) is 0 Å². The van der Waals surface area contributed by atoms with Crippen LogP contribution in [0.5, 0.6) is 0 Å². The number of anilines is 1. The molecular weight excluding hydrogens is 336 g/mol. The molecule has 1 atom stereocenters. The number of aromatic nitrogens is 2. The van der Waals surface area contributed by atoms with Crippen molar-refractivity contribution in [1.29, 1.82) is 0 Å². The first kappa shape index (κ1) is 18.5. The Labute approximate surface area is 162 Å². The monoisotopic (exact) mass is 368 g/mol. The largest absolute Gasteiger partial charge is 0.375 e. The Bertz CT molecular complexity index is 744. The van der Waals surface area contributed by atoms with E-state index in [-0.39, 0.29) is 5.60 Å². The van der Waals surface area contributed by atoms with Crippen molar-refractivity contribution in [3.8, 4) is 5.69 Å². The van der Waals surface area contributed by atoms with Gasteiger partial charge in [0.15, 0.2) is 0 Å². The van der Waals surface area contributed by atoms with Gasteiger partial charge < -0.3 is 19.5 Å². The fourth-order valence-electron chi connectivity index (χ4n) is 4.49. The standard InChI is InChI=1S/C22H32N4O/c1-17-23-11-14-26(17)21-6-4-20(5-7-21)25-12-8-18(9-13-25)24-19-10-15-27-22(2,3)16-19/h4-7,11,14,18-19,24H,8-10,12-13,15-16H2,1-3H3. The molecule has 0 spiro atoms. The molecule has 1 N–H and O–H groups in total. The molecule has 2 aliphatic rings. The average molecular weight is 369 g/mol. The molecule has 4 rings (SSSR count). The van der Waals surface area contributed by atoms with E-state index in [0.717, 1.165) is 38.4 Å². The molecule has 1 aromatic heterocycles. The lowest BCUT2D eigenvalue weighted by Crippen LogP contribution is -2.50. The second kappa shape index (κ2) is 7.64. The maximum atomic E-state index is 5.85. The quantitative estimate of drug-likeness (QED) is 0.894. The summed E-state index contributed by atoms with van der Waals surface area (Å²) in [6.07, 6.45) is 8.53. The molecule has 2 aliphatic heterocycles. The van der Waals surface area contributed by atoms with Gasteiger partial charge in [0.1, 0.15) is 5.82 Å². The summed E-state index contributed by atoms with van der Waals surface area (Å²) in [5.74, 6) is 1.02. The van der Waals surface area contributed by atoms with Gasteiger partial charge in [0.25, 0.3) is 0 Å². The lowest BCUT2D eigenvalue weighted by atomic mass is 9.92. The summed E-state index contributed by atoms with van der Waals surface area (Å²) < 4.78 is 7.97. The normalized spacial score (nSPS) is 23.5. The SMILES string of the molecule is Cc1nccn1-c1ccc(N2CCC(NC3CCOC(C)(C)C3)CC2)cc1. The molecule has 0 radical (unpaired) electrons. The molecule has 27 heavy (non-hydrogen) atoms. The number of hydrogen-bond acceptors (Lipinski definition) is 4. The number of nitrogens with one attached hydrogen (secondary N) is 1. The third-order valence-corrected chi connectivity index (χ3v) is 5.98. The summed E-state index contributed by atoms with van der Waals surface area (Å²) in [5.41, 5.74) is 2.51. The molecule has 0 saturated carbocycles. The second-order valence-electron chi connectivity index (χ2n) is 8.59. The van der Waals surface area contributed by atoms with Crippen molar-refractivity contribution in [2.75, 3.05) is 24.6 Å². The molecule has 3 heterocycles. The lowest BCUT2D eigenvalue weighted by molar-refractivity contribution is -0.0644. The predicted molar refractivity (Wildman–Crippen MR) is 110 cm³/mol. The topological polar surface area (TPSA) is 42.3 Å². The Morgan fingerprint density at radius 2 is 1.74 bits per heavy atom. The van der Waals surface area contributed by atoms with Crippen LogP contribution in [-0.4, -0.2) is 46.9 Å². The minimum Gasteiger partial charge on any atom is -0.375 e. The van der Waals surface area contributed by atoms with Crippen LogP contribution in [0.25, 0.3) is 5.69 Å². The lowest BCUT2D eigenvalue weighted by Gasteiger charge is -2.40. The molecule has 5 heteroatoms. The third-order valence-electron chi connectivity index (χ3n) is 5.98. The van der Waals surface area contributed by atoms with Crippen LogP contribution in [0.1, 0.15) is 45.4 Å². The van der Waals surface area contributed by atoms with Gasteiger partial charge in [-0.25, -0.2) is 4.98 Å².